The van der Waals surface area contributed by atoms with E-state index in [1.807, 2.05) is 20.8 Å². The fraction of sp³-hybridized carbons (Fsp3) is 0.529. The highest BCUT2D eigenvalue weighted by Crippen LogP contribution is 2.30. The van der Waals surface area contributed by atoms with E-state index in [1.165, 1.54) is 0 Å². The van der Waals surface area contributed by atoms with Crippen molar-refractivity contribution in [2.24, 2.45) is 0 Å². The Hall–Kier alpha value is -2.28. The van der Waals surface area contributed by atoms with Gasteiger partial charge >= 0.3 is 5.97 Å². The number of carboxylic acids is 1. The van der Waals surface area contributed by atoms with Crippen LogP contribution >= 0.6 is 0 Å². The summed E-state index contributed by atoms with van der Waals surface area (Å²) in [4.78, 5) is 25.3. The summed E-state index contributed by atoms with van der Waals surface area (Å²) in [5.74, 6) is -0.519. The molecule has 0 radical (unpaired) electrons. The first-order chi connectivity index (χ1) is 11.4. The average molecular weight is 337 g/mol. The van der Waals surface area contributed by atoms with Crippen LogP contribution in [0.5, 0.6) is 11.5 Å². The molecule has 1 heterocycles. The molecule has 24 heavy (non-hydrogen) atoms. The zero-order chi connectivity index (χ0) is 17.7. The molecule has 0 aromatic heterocycles. The van der Waals surface area contributed by atoms with E-state index < -0.39 is 12.6 Å². The summed E-state index contributed by atoms with van der Waals surface area (Å²) in [5, 5.41) is 8.73. The molecule has 7 heteroatoms. The Labute approximate surface area is 141 Å². The van der Waals surface area contributed by atoms with Crippen molar-refractivity contribution in [3.8, 4) is 11.5 Å². The second-order valence-electron chi connectivity index (χ2n) is 5.72. The highest BCUT2D eigenvalue weighted by Gasteiger charge is 2.30. The van der Waals surface area contributed by atoms with Crippen LogP contribution < -0.4 is 9.47 Å². The number of rotatable bonds is 6. The maximum absolute atomic E-state index is 12.8. The molecule has 2 rings (SSSR count). The average Bonchev–Trinajstić information content (AvgIpc) is 2.53. The monoisotopic (exact) mass is 337 g/mol. The smallest absolute Gasteiger partial charge is 0.341 e. The first-order valence-corrected chi connectivity index (χ1v) is 7.95. The van der Waals surface area contributed by atoms with Gasteiger partial charge in [-0.1, -0.05) is 0 Å². The molecule has 0 saturated carbocycles. The fourth-order valence-corrected chi connectivity index (χ4v) is 2.72. The normalized spacial score (nSPS) is 20.5. The molecule has 7 nitrogen and oxygen atoms in total. The minimum atomic E-state index is -1.08. The molecule has 0 bridgehead atoms. The Morgan fingerprint density at radius 1 is 1.21 bits per heavy atom. The molecule has 0 spiro atoms. The van der Waals surface area contributed by atoms with Gasteiger partial charge in [0.25, 0.3) is 5.91 Å². The Bertz CT molecular complexity index is 593. The van der Waals surface area contributed by atoms with Gasteiger partial charge in [0.1, 0.15) is 0 Å². The van der Waals surface area contributed by atoms with Crippen molar-refractivity contribution >= 4 is 11.9 Å². The van der Waals surface area contributed by atoms with Gasteiger partial charge < -0.3 is 24.2 Å². The van der Waals surface area contributed by atoms with Crippen LogP contribution in [0.4, 0.5) is 0 Å². The number of hydrogen-bond acceptors (Lipinski definition) is 5. The van der Waals surface area contributed by atoms with E-state index in [2.05, 4.69) is 0 Å². The van der Waals surface area contributed by atoms with Gasteiger partial charge in [-0.05, 0) is 39.0 Å². The van der Waals surface area contributed by atoms with Gasteiger partial charge in [0.2, 0.25) is 0 Å². The summed E-state index contributed by atoms with van der Waals surface area (Å²) in [7, 11) is 0. The quantitative estimate of drug-likeness (QED) is 0.852. The maximum atomic E-state index is 12.8. The molecule has 1 aromatic carbocycles. The number of aliphatic carboxylic acids is 1. The van der Waals surface area contributed by atoms with Crippen molar-refractivity contribution in [2.45, 2.75) is 32.9 Å². The lowest BCUT2D eigenvalue weighted by Crippen LogP contribution is -2.52. The van der Waals surface area contributed by atoms with Gasteiger partial charge in [0, 0.05) is 5.56 Å². The van der Waals surface area contributed by atoms with E-state index in [0.717, 1.165) is 0 Å². The molecule has 1 aromatic rings. The first-order valence-electron chi connectivity index (χ1n) is 7.95. The zero-order valence-corrected chi connectivity index (χ0v) is 14.2. The van der Waals surface area contributed by atoms with Gasteiger partial charge in [-0.3, -0.25) is 4.79 Å². The van der Waals surface area contributed by atoms with Crippen LogP contribution in [0.25, 0.3) is 0 Å². The molecule has 1 saturated heterocycles. The van der Waals surface area contributed by atoms with Crippen LogP contribution in [0.15, 0.2) is 18.2 Å². The third-order valence-corrected chi connectivity index (χ3v) is 3.74. The number of morpholine rings is 1. The van der Waals surface area contributed by atoms with Crippen LogP contribution in [0.3, 0.4) is 0 Å². The number of ether oxygens (including phenoxy) is 3. The van der Waals surface area contributed by atoms with E-state index in [-0.39, 0.29) is 18.0 Å². The summed E-state index contributed by atoms with van der Waals surface area (Å²) < 4.78 is 16.1. The summed E-state index contributed by atoms with van der Waals surface area (Å²) in [5.41, 5.74) is 0.474. The standard InChI is InChI=1S/C17H23NO6/c1-4-23-15-7-13(5-6-14(15)24-10-16(19)20)17(21)18-11(2)8-22-9-12(18)3/h5-7,11-12H,4,8-10H2,1-3H3,(H,19,20). The molecule has 132 valence electrons. The van der Waals surface area contributed by atoms with Crippen molar-refractivity contribution in [1.29, 1.82) is 0 Å². The third-order valence-electron chi connectivity index (χ3n) is 3.74. The van der Waals surface area contributed by atoms with Crippen molar-refractivity contribution in [2.75, 3.05) is 26.4 Å². The van der Waals surface area contributed by atoms with Crippen molar-refractivity contribution in [3.05, 3.63) is 23.8 Å². The molecule has 1 aliphatic heterocycles. The van der Waals surface area contributed by atoms with Crippen LogP contribution in [0.2, 0.25) is 0 Å². The number of benzene rings is 1. The molecule has 0 aliphatic carbocycles. The number of carbonyl (C=O) groups is 2. The predicted octanol–water partition coefficient (Wildman–Crippen LogP) is 1.80. The number of carboxylic acid groups (broad SMARTS) is 1. The van der Waals surface area contributed by atoms with E-state index in [1.54, 1.807) is 23.1 Å². The van der Waals surface area contributed by atoms with Crippen LogP contribution in [-0.4, -0.2) is 60.4 Å². The number of carbonyl (C=O) groups excluding carboxylic acids is 1. The Kier molecular flexibility index (Phi) is 6.03. The van der Waals surface area contributed by atoms with E-state index in [4.69, 9.17) is 19.3 Å². The summed E-state index contributed by atoms with van der Waals surface area (Å²) in [6.07, 6.45) is 0. The second-order valence-corrected chi connectivity index (χ2v) is 5.72. The lowest BCUT2D eigenvalue weighted by Gasteiger charge is -2.38. The van der Waals surface area contributed by atoms with Crippen molar-refractivity contribution in [3.63, 3.8) is 0 Å². The van der Waals surface area contributed by atoms with Gasteiger partial charge in [-0.2, -0.15) is 0 Å². The highest BCUT2D eigenvalue weighted by atomic mass is 16.5. The summed E-state index contributed by atoms with van der Waals surface area (Å²) >= 11 is 0. The predicted molar refractivity (Wildman–Crippen MR) is 86.7 cm³/mol. The molecule has 1 aliphatic rings. The Morgan fingerprint density at radius 3 is 2.46 bits per heavy atom. The molecule has 2 atom stereocenters. The molecule has 1 fully saturated rings. The summed E-state index contributed by atoms with van der Waals surface area (Å²) in [6, 6.07) is 4.76. The lowest BCUT2D eigenvalue weighted by molar-refractivity contribution is -0.139. The van der Waals surface area contributed by atoms with Gasteiger partial charge in [0.15, 0.2) is 18.1 Å². The lowest BCUT2D eigenvalue weighted by atomic mass is 10.1. The van der Waals surface area contributed by atoms with E-state index in [9.17, 15) is 9.59 Å². The largest absolute Gasteiger partial charge is 0.490 e. The second kappa shape index (κ2) is 8.01. The number of nitrogens with zero attached hydrogens (tertiary/aromatic N) is 1. The van der Waals surface area contributed by atoms with Gasteiger partial charge in [-0.15, -0.1) is 0 Å². The van der Waals surface area contributed by atoms with E-state index >= 15 is 0 Å². The topological polar surface area (TPSA) is 85.3 Å². The first kappa shape index (κ1) is 18.1. The van der Waals surface area contributed by atoms with Crippen molar-refractivity contribution in [1.82, 2.24) is 4.90 Å². The molecule has 2 unspecified atom stereocenters. The van der Waals surface area contributed by atoms with E-state index in [0.29, 0.717) is 36.9 Å². The van der Waals surface area contributed by atoms with Gasteiger partial charge in [0.05, 0.1) is 31.9 Å². The van der Waals surface area contributed by atoms with Gasteiger partial charge in [-0.25, -0.2) is 4.79 Å². The maximum Gasteiger partial charge on any atom is 0.341 e. The Balaban J connectivity index is 2.24. The minimum absolute atomic E-state index is 0.0141. The number of hydrogen-bond donors (Lipinski definition) is 1. The SMILES string of the molecule is CCOc1cc(C(=O)N2C(C)COCC2C)ccc1OCC(=O)O. The van der Waals surface area contributed by atoms with Crippen LogP contribution in [0, 0.1) is 0 Å². The third kappa shape index (κ3) is 4.17. The Morgan fingerprint density at radius 2 is 1.88 bits per heavy atom. The molecular formula is C17H23NO6. The molecular weight excluding hydrogens is 314 g/mol. The fourth-order valence-electron chi connectivity index (χ4n) is 2.72. The minimum Gasteiger partial charge on any atom is -0.490 e. The summed E-state index contributed by atoms with van der Waals surface area (Å²) in [6.45, 7) is 6.63. The number of amides is 1. The van der Waals surface area contributed by atoms with Crippen molar-refractivity contribution < 1.29 is 28.9 Å². The zero-order valence-electron chi connectivity index (χ0n) is 14.2. The highest BCUT2D eigenvalue weighted by molar-refractivity contribution is 5.95. The molecule has 1 amide bonds. The molecule has 1 N–H and O–H groups in total. The van der Waals surface area contributed by atoms with Crippen LogP contribution in [-0.2, 0) is 9.53 Å². The van der Waals surface area contributed by atoms with Crippen LogP contribution in [0.1, 0.15) is 31.1 Å².